The Kier molecular flexibility index (Phi) is 4.93. The highest BCUT2D eigenvalue weighted by molar-refractivity contribution is 6.00. The Morgan fingerprint density at radius 3 is 2.17 bits per heavy atom. The molecular weight excluding hydrogens is 382 g/mol. The molecule has 0 aliphatic heterocycles. The summed E-state index contributed by atoms with van der Waals surface area (Å²) < 4.78 is 3.44. The molecule has 0 unspecified atom stereocenters. The van der Waals surface area contributed by atoms with E-state index in [-0.39, 0.29) is 29.1 Å². The number of Topliss-reactive ketones (excluding diaryl/α,β-unsaturated/α-hetero) is 1. The summed E-state index contributed by atoms with van der Waals surface area (Å²) in [6.07, 6.45) is 0. The van der Waals surface area contributed by atoms with Crippen molar-refractivity contribution in [2.75, 3.05) is 0 Å². The number of hydrogen-bond donors (Lipinski definition) is 3. The van der Waals surface area contributed by atoms with Crippen molar-refractivity contribution in [3.8, 4) is 5.75 Å². The number of nitrogens with one attached hydrogen (secondary N) is 1. The molecule has 0 radical (unpaired) electrons. The number of phenols is 1. The third kappa shape index (κ3) is 3.48. The van der Waals surface area contributed by atoms with Crippen LogP contribution in [0.1, 0.15) is 26.3 Å². The Hall–Kier alpha value is -4.13. The van der Waals surface area contributed by atoms with Gasteiger partial charge in [0.25, 0.3) is 0 Å². The molecule has 3 aromatic carbocycles. The Balaban J connectivity index is 1.74. The maximum Gasteiger partial charge on any atom is 0.339 e. The number of carboxylic acids is 1. The lowest BCUT2D eigenvalue weighted by molar-refractivity contribution is 0.0693. The second-order valence-corrected chi connectivity index (χ2v) is 6.93. The normalized spacial score (nSPS) is 10.9. The molecular formula is C23H19N3O4. The van der Waals surface area contributed by atoms with Crippen LogP contribution in [0.4, 0.5) is 0 Å². The monoisotopic (exact) mass is 401 g/mol. The lowest BCUT2D eigenvalue weighted by Crippen LogP contribution is -2.27. The maximum absolute atomic E-state index is 12.9. The second-order valence-electron chi connectivity index (χ2n) is 6.93. The van der Waals surface area contributed by atoms with Crippen LogP contribution in [0.3, 0.4) is 0 Å². The second kappa shape index (κ2) is 7.71. The minimum Gasteiger partial charge on any atom is -0.507 e. The summed E-state index contributed by atoms with van der Waals surface area (Å²) in [6, 6.07) is 21.0. The number of carbonyl (C=O) groups is 2. The largest absolute Gasteiger partial charge is 0.507 e. The molecule has 7 heteroatoms. The first-order valence-corrected chi connectivity index (χ1v) is 9.32. The zero-order valence-electron chi connectivity index (χ0n) is 15.9. The number of rotatable bonds is 6. The molecule has 4 aromatic rings. The molecule has 0 saturated carbocycles. The smallest absolute Gasteiger partial charge is 0.339 e. The van der Waals surface area contributed by atoms with Crippen LogP contribution in [-0.2, 0) is 13.1 Å². The fraction of sp³-hybridized carbons (Fsp3) is 0.0870. The molecule has 1 heterocycles. The van der Waals surface area contributed by atoms with Crippen molar-refractivity contribution >= 4 is 22.8 Å². The number of ketones is 1. The van der Waals surface area contributed by atoms with Gasteiger partial charge in [0, 0.05) is 5.56 Å². The third-order valence-corrected chi connectivity index (χ3v) is 5.01. The molecule has 0 aliphatic rings. The lowest BCUT2D eigenvalue weighted by atomic mass is 10.1. The van der Waals surface area contributed by atoms with Gasteiger partial charge < -0.3 is 19.3 Å². The van der Waals surface area contributed by atoms with Crippen LogP contribution < -0.4 is 5.62 Å². The fourth-order valence-electron chi connectivity index (χ4n) is 3.50. The average molecular weight is 401 g/mol. The van der Waals surface area contributed by atoms with Crippen molar-refractivity contribution in [3.05, 3.63) is 95.1 Å². The fourth-order valence-corrected chi connectivity index (χ4v) is 3.50. The van der Waals surface area contributed by atoms with Crippen LogP contribution >= 0.6 is 0 Å². The number of fused-ring (bicyclic) bond motifs is 1. The quantitative estimate of drug-likeness (QED) is 0.431. The molecule has 0 saturated heterocycles. The predicted octanol–water partition coefficient (Wildman–Crippen LogP) is 3.26. The molecule has 0 spiro atoms. The SMILES string of the molecule is N=c1n(CC(=O)c2ccc(O)c(C(=O)O)c2)c2ccccc2n1Cc1ccccc1. The van der Waals surface area contributed by atoms with Gasteiger partial charge in [-0.1, -0.05) is 42.5 Å². The van der Waals surface area contributed by atoms with Crippen LogP contribution in [0.25, 0.3) is 11.0 Å². The number of imidazole rings is 1. The van der Waals surface area contributed by atoms with Gasteiger partial charge in [-0.3, -0.25) is 10.2 Å². The van der Waals surface area contributed by atoms with Gasteiger partial charge in [0.1, 0.15) is 11.3 Å². The minimum absolute atomic E-state index is 0.120. The van der Waals surface area contributed by atoms with Crippen LogP contribution in [0.5, 0.6) is 5.75 Å². The summed E-state index contributed by atoms with van der Waals surface area (Å²) in [7, 11) is 0. The number of aromatic carboxylic acids is 1. The van der Waals surface area contributed by atoms with Gasteiger partial charge in [-0.15, -0.1) is 0 Å². The molecule has 7 nitrogen and oxygen atoms in total. The molecule has 150 valence electrons. The number of para-hydroxylation sites is 2. The van der Waals surface area contributed by atoms with Crippen LogP contribution in [-0.4, -0.2) is 31.1 Å². The summed E-state index contributed by atoms with van der Waals surface area (Å²) in [6.45, 7) is 0.370. The van der Waals surface area contributed by atoms with Crippen LogP contribution in [0, 0.1) is 5.41 Å². The first-order valence-electron chi connectivity index (χ1n) is 9.32. The number of aromatic hydroxyl groups is 1. The van der Waals surface area contributed by atoms with E-state index in [0.717, 1.165) is 22.7 Å². The lowest BCUT2D eigenvalue weighted by Gasteiger charge is -2.07. The van der Waals surface area contributed by atoms with E-state index in [4.69, 9.17) is 5.41 Å². The first kappa shape index (κ1) is 19.2. The standard InChI is InChI=1S/C23H19N3O4/c24-23-25(13-15-6-2-1-3-7-15)18-8-4-5-9-19(18)26(23)14-21(28)16-10-11-20(27)17(12-16)22(29)30/h1-12,24,27H,13-14H2,(H,29,30). The highest BCUT2D eigenvalue weighted by atomic mass is 16.4. The van der Waals surface area contributed by atoms with Crippen LogP contribution in [0.15, 0.2) is 72.8 Å². The van der Waals surface area contributed by atoms with E-state index in [1.54, 1.807) is 4.57 Å². The van der Waals surface area contributed by atoms with E-state index in [1.807, 2.05) is 59.2 Å². The van der Waals surface area contributed by atoms with E-state index in [2.05, 4.69) is 0 Å². The molecule has 0 bridgehead atoms. The Morgan fingerprint density at radius 2 is 1.50 bits per heavy atom. The average Bonchev–Trinajstić information content (AvgIpc) is 3.00. The maximum atomic E-state index is 12.9. The van der Waals surface area contributed by atoms with Crippen molar-refractivity contribution in [2.45, 2.75) is 13.1 Å². The van der Waals surface area contributed by atoms with Crippen molar-refractivity contribution in [1.29, 1.82) is 5.41 Å². The number of nitrogens with zero attached hydrogens (tertiary/aromatic N) is 2. The van der Waals surface area contributed by atoms with Gasteiger partial charge in [-0.25, -0.2) is 4.79 Å². The van der Waals surface area contributed by atoms with Gasteiger partial charge in [0.15, 0.2) is 5.78 Å². The molecule has 4 rings (SSSR count). The highest BCUT2D eigenvalue weighted by Gasteiger charge is 2.17. The van der Waals surface area contributed by atoms with Gasteiger partial charge in [0.05, 0.1) is 24.1 Å². The molecule has 0 aliphatic carbocycles. The Bertz CT molecular complexity index is 1320. The summed E-state index contributed by atoms with van der Waals surface area (Å²) in [5, 5.41) is 27.5. The molecule has 30 heavy (non-hydrogen) atoms. The minimum atomic E-state index is -1.31. The zero-order valence-corrected chi connectivity index (χ0v) is 15.9. The first-order chi connectivity index (χ1) is 14.5. The topological polar surface area (TPSA) is 108 Å². The van der Waals surface area contributed by atoms with E-state index < -0.39 is 11.7 Å². The number of aromatic nitrogens is 2. The number of carboxylic acid groups (broad SMARTS) is 1. The molecule has 1 aromatic heterocycles. The number of benzene rings is 3. The van der Waals surface area contributed by atoms with E-state index >= 15 is 0 Å². The Morgan fingerprint density at radius 1 is 0.867 bits per heavy atom. The summed E-state index contributed by atoms with van der Waals surface area (Å²) >= 11 is 0. The Labute approximate surface area is 171 Å². The van der Waals surface area contributed by atoms with Crippen molar-refractivity contribution in [3.63, 3.8) is 0 Å². The summed E-state index contributed by atoms with van der Waals surface area (Å²) in [5.74, 6) is -2.05. The van der Waals surface area contributed by atoms with Gasteiger partial charge in [0.2, 0.25) is 5.62 Å². The highest BCUT2D eigenvalue weighted by Crippen LogP contribution is 2.20. The molecule has 3 N–H and O–H groups in total. The van der Waals surface area contributed by atoms with Crippen molar-refractivity contribution in [1.82, 2.24) is 9.13 Å². The van der Waals surface area contributed by atoms with Gasteiger partial charge >= 0.3 is 5.97 Å². The summed E-state index contributed by atoms with van der Waals surface area (Å²) in [4.78, 5) is 24.1. The van der Waals surface area contributed by atoms with Gasteiger partial charge in [-0.2, -0.15) is 0 Å². The van der Waals surface area contributed by atoms with Crippen molar-refractivity contribution < 1.29 is 19.8 Å². The summed E-state index contributed by atoms with van der Waals surface area (Å²) in [5.41, 5.74) is 2.61. The predicted molar refractivity (Wildman–Crippen MR) is 111 cm³/mol. The van der Waals surface area contributed by atoms with Crippen molar-refractivity contribution in [2.24, 2.45) is 0 Å². The van der Waals surface area contributed by atoms with E-state index in [9.17, 15) is 19.8 Å². The molecule has 0 atom stereocenters. The molecule has 0 fully saturated rings. The van der Waals surface area contributed by atoms with Gasteiger partial charge in [-0.05, 0) is 35.9 Å². The number of hydrogen-bond acceptors (Lipinski definition) is 4. The van der Waals surface area contributed by atoms with E-state index in [0.29, 0.717) is 6.54 Å². The van der Waals surface area contributed by atoms with E-state index in [1.165, 1.54) is 12.1 Å². The molecule has 0 amide bonds. The number of carbonyl (C=O) groups excluding carboxylic acids is 1. The third-order valence-electron chi connectivity index (χ3n) is 5.01. The van der Waals surface area contributed by atoms with Crippen LogP contribution in [0.2, 0.25) is 0 Å². The zero-order chi connectivity index (χ0) is 21.3.